The van der Waals surface area contributed by atoms with Crippen LogP contribution in [0.4, 0.5) is 0 Å². The highest BCUT2D eigenvalue weighted by atomic mass is 14.7. The lowest BCUT2D eigenvalue weighted by molar-refractivity contribution is 0.424. The Kier molecular flexibility index (Phi) is 3.66. The third-order valence-corrected chi connectivity index (χ3v) is 1.53. The summed E-state index contributed by atoms with van der Waals surface area (Å²) in [7, 11) is 0. The van der Waals surface area contributed by atoms with Crippen LogP contribution in [0.2, 0.25) is 0 Å². The standard InChI is InChI=1S/C9H19N/c1-5-6-9(4,10)7-8(2)3/h2,5-7,10H2,1,3-4H3. The highest BCUT2D eigenvalue weighted by molar-refractivity contribution is 4.97. The molecule has 0 aromatic heterocycles. The van der Waals surface area contributed by atoms with Crippen LogP contribution in [0.15, 0.2) is 12.2 Å². The minimum Gasteiger partial charge on any atom is -0.325 e. The molecule has 60 valence electrons. The first-order valence-electron chi connectivity index (χ1n) is 3.91. The smallest absolute Gasteiger partial charge is 0.0162 e. The summed E-state index contributed by atoms with van der Waals surface area (Å²) in [5.41, 5.74) is 7.12. The van der Waals surface area contributed by atoms with Gasteiger partial charge < -0.3 is 5.73 Å². The summed E-state index contributed by atoms with van der Waals surface area (Å²) in [5, 5.41) is 0. The molecule has 0 saturated heterocycles. The Morgan fingerprint density at radius 1 is 1.60 bits per heavy atom. The molecule has 0 rings (SSSR count). The number of hydrogen-bond acceptors (Lipinski definition) is 1. The summed E-state index contributed by atoms with van der Waals surface area (Å²) in [4.78, 5) is 0. The Balaban J connectivity index is 3.74. The van der Waals surface area contributed by atoms with Gasteiger partial charge in [0.15, 0.2) is 0 Å². The van der Waals surface area contributed by atoms with Crippen molar-refractivity contribution in [3.05, 3.63) is 12.2 Å². The van der Waals surface area contributed by atoms with Crippen molar-refractivity contribution in [3.63, 3.8) is 0 Å². The van der Waals surface area contributed by atoms with Crippen molar-refractivity contribution >= 4 is 0 Å². The Hall–Kier alpha value is -0.300. The van der Waals surface area contributed by atoms with Crippen LogP contribution in [0.25, 0.3) is 0 Å². The van der Waals surface area contributed by atoms with Gasteiger partial charge in [-0.2, -0.15) is 0 Å². The summed E-state index contributed by atoms with van der Waals surface area (Å²) >= 11 is 0. The zero-order valence-corrected chi connectivity index (χ0v) is 7.41. The highest BCUT2D eigenvalue weighted by Crippen LogP contribution is 2.17. The van der Waals surface area contributed by atoms with Crippen LogP contribution < -0.4 is 5.73 Å². The average molecular weight is 141 g/mol. The second kappa shape index (κ2) is 3.77. The Morgan fingerprint density at radius 2 is 2.10 bits per heavy atom. The molecular formula is C9H19N. The molecule has 10 heavy (non-hydrogen) atoms. The van der Waals surface area contributed by atoms with E-state index < -0.39 is 0 Å². The molecule has 1 heteroatoms. The number of rotatable bonds is 4. The predicted molar refractivity (Wildman–Crippen MR) is 46.9 cm³/mol. The molecule has 0 saturated carbocycles. The van der Waals surface area contributed by atoms with E-state index >= 15 is 0 Å². The van der Waals surface area contributed by atoms with E-state index in [-0.39, 0.29) is 5.54 Å². The lowest BCUT2D eigenvalue weighted by atomic mass is 9.91. The molecule has 0 bridgehead atoms. The lowest BCUT2D eigenvalue weighted by Crippen LogP contribution is -2.35. The second-order valence-corrected chi connectivity index (χ2v) is 3.54. The van der Waals surface area contributed by atoms with Crippen LogP contribution in [0.5, 0.6) is 0 Å². The Labute approximate surface area is 64.3 Å². The van der Waals surface area contributed by atoms with Crippen molar-refractivity contribution < 1.29 is 0 Å². The molecule has 0 fully saturated rings. The maximum atomic E-state index is 5.97. The molecule has 2 N–H and O–H groups in total. The quantitative estimate of drug-likeness (QED) is 0.598. The van der Waals surface area contributed by atoms with Gasteiger partial charge >= 0.3 is 0 Å². The highest BCUT2D eigenvalue weighted by Gasteiger charge is 2.16. The van der Waals surface area contributed by atoms with E-state index in [1.165, 1.54) is 5.57 Å². The van der Waals surface area contributed by atoms with Gasteiger partial charge in [0.05, 0.1) is 0 Å². The van der Waals surface area contributed by atoms with Crippen LogP contribution in [0.1, 0.15) is 40.0 Å². The minimum atomic E-state index is -0.0272. The third kappa shape index (κ3) is 4.57. The average Bonchev–Trinajstić information content (AvgIpc) is 1.59. The van der Waals surface area contributed by atoms with Crippen molar-refractivity contribution in [2.24, 2.45) is 5.73 Å². The van der Waals surface area contributed by atoms with Gasteiger partial charge in [-0.25, -0.2) is 0 Å². The Morgan fingerprint density at radius 3 is 2.40 bits per heavy atom. The van der Waals surface area contributed by atoms with E-state index in [4.69, 9.17) is 5.73 Å². The van der Waals surface area contributed by atoms with Crippen LogP contribution >= 0.6 is 0 Å². The molecule has 0 heterocycles. The van der Waals surface area contributed by atoms with Crippen molar-refractivity contribution in [1.82, 2.24) is 0 Å². The largest absolute Gasteiger partial charge is 0.325 e. The first-order chi connectivity index (χ1) is 4.48. The molecule has 0 aliphatic heterocycles. The molecule has 0 aromatic carbocycles. The van der Waals surface area contributed by atoms with Gasteiger partial charge in [-0.3, -0.25) is 0 Å². The minimum absolute atomic E-state index is 0.0272. The van der Waals surface area contributed by atoms with E-state index in [2.05, 4.69) is 20.4 Å². The zero-order chi connectivity index (χ0) is 8.20. The normalized spacial score (nSPS) is 16.4. The van der Waals surface area contributed by atoms with E-state index in [1.807, 2.05) is 6.92 Å². The van der Waals surface area contributed by atoms with Crippen LogP contribution in [-0.4, -0.2) is 5.54 Å². The molecule has 0 aliphatic rings. The first-order valence-corrected chi connectivity index (χ1v) is 3.91. The fourth-order valence-electron chi connectivity index (χ4n) is 1.35. The van der Waals surface area contributed by atoms with Crippen molar-refractivity contribution in [2.45, 2.75) is 45.6 Å². The summed E-state index contributed by atoms with van der Waals surface area (Å²) in [5.74, 6) is 0. The molecule has 1 unspecified atom stereocenters. The van der Waals surface area contributed by atoms with E-state index in [9.17, 15) is 0 Å². The summed E-state index contributed by atoms with van der Waals surface area (Å²) < 4.78 is 0. The molecule has 0 aromatic rings. The van der Waals surface area contributed by atoms with E-state index in [0.29, 0.717) is 0 Å². The topological polar surface area (TPSA) is 26.0 Å². The van der Waals surface area contributed by atoms with E-state index in [1.54, 1.807) is 0 Å². The number of nitrogens with two attached hydrogens (primary N) is 1. The summed E-state index contributed by atoms with van der Waals surface area (Å²) in [6.45, 7) is 10.1. The van der Waals surface area contributed by atoms with Crippen LogP contribution in [0, 0.1) is 0 Å². The molecule has 0 spiro atoms. The molecule has 1 nitrogen and oxygen atoms in total. The van der Waals surface area contributed by atoms with Gasteiger partial charge in [0, 0.05) is 5.54 Å². The SMILES string of the molecule is C=C(C)CC(C)(N)CCC. The molecule has 0 amide bonds. The zero-order valence-electron chi connectivity index (χ0n) is 7.41. The number of hydrogen-bond donors (Lipinski definition) is 1. The van der Waals surface area contributed by atoms with Crippen LogP contribution in [-0.2, 0) is 0 Å². The van der Waals surface area contributed by atoms with Gasteiger partial charge in [-0.05, 0) is 26.7 Å². The maximum absolute atomic E-state index is 5.97. The monoisotopic (exact) mass is 141 g/mol. The van der Waals surface area contributed by atoms with Crippen molar-refractivity contribution in [3.8, 4) is 0 Å². The molecule has 0 aliphatic carbocycles. The predicted octanol–water partition coefficient (Wildman–Crippen LogP) is 2.47. The summed E-state index contributed by atoms with van der Waals surface area (Å²) in [6.07, 6.45) is 3.18. The van der Waals surface area contributed by atoms with Crippen LogP contribution in [0.3, 0.4) is 0 Å². The fourth-order valence-corrected chi connectivity index (χ4v) is 1.35. The lowest BCUT2D eigenvalue weighted by Gasteiger charge is -2.23. The molecular weight excluding hydrogens is 122 g/mol. The van der Waals surface area contributed by atoms with Crippen molar-refractivity contribution in [1.29, 1.82) is 0 Å². The van der Waals surface area contributed by atoms with E-state index in [0.717, 1.165) is 19.3 Å². The first kappa shape index (κ1) is 9.70. The molecule has 1 atom stereocenters. The Bertz CT molecular complexity index is 114. The maximum Gasteiger partial charge on any atom is 0.0162 e. The van der Waals surface area contributed by atoms with Gasteiger partial charge in [0.2, 0.25) is 0 Å². The fraction of sp³-hybridized carbons (Fsp3) is 0.778. The van der Waals surface area contributed by atoms with Gasteiger partial charge in [-0.1, -0.05) is 18.9 Å². The third-order valence-electron chi connectivity index (χ3n) is 1.53. The van der Waals surface area contributed by atoms with Crippen molar-refractivity contribution in [2.75, 3.05) is 0 Å². The summed E-state index contributed by atoms with van der Waals surface area (Å²) in [6, 6.07) is 0. The molecule has 0 radical (unpaired) electrons. The second-order valence-electron chi connectivity index (χ2n) is 3.54. The van der Waals surface area contributed by atoms with Gasteiger partial charge in [-0.15, -0.1) is 6.58 Å². The van der Waals surface area contributed by atoms with Gasteiger partial charge in [0.1, 0.15) is 0 Å². The van der Waals surface area contributed by atoms with Gasteiger partial charge in [0.25, 0.3) is 0 Å².